The molecule has 2 amide bonds. The molecule has 0 saturated heterocycles. The first kappa shape index (κ1) is 17.0. The normalized spacial score (nSPS) is 16.1. The van der Waals surface area contributed by atoms with Gasteiger partial charge in [-0.15, -0.1) is 0 Å². The third-order valence-corrected chi connectivity index (χ3v) is 3.83. The molecule has 23 heavy (non-hydrogen) atoms. The second kappa shape index (κ2) is 6.78. The molecule has 3 N–H and O–H groups in total. The van der Waals surface area contributed by atoms with Crippen LogP contribution in [0.25, 0.3) is 0 Å². The van der Waals surface area contributed by atoms with Crippen LogP contribution in [0.4, 0.5) is 5.69 Å². The Morgan fingerprint density at radius 2 is 1.83 bits per heavy atom. The first-order chi connectivity index (χ1) is 10.8. The smallest absolute Gasteiger partial charge is 0.337 e. The van der Waals surface area contributed by atoms with Gasteiger partial charge in [0, 0.05) is 12.2 Å². The lowest BCUT2D eigenvalue weighted by atomic mass is 10.0. The van der Waals surface area contributed by atoms with E-state index in [-0.39, 0.29) is 12.5 Å². The van der Waals surface area contributed by atoms with Gasteiger partial charge < -0.3 is 20.5 Å². The van der Waals surface area contributed by atoms with Crippen LogP contribution < -0.4 is 10.6 Å². The highest BCUT2D eigenvalue weighted by Gasteiger charge is 2.40. The zero-order valence-corrected chi connectivity index (χ0v) is 13.1. The summed E-state index contributed by atoms with van der Waals surface area (Å²) in [5.74, 6) is -1.95. The molecule has 7 nitrogen and oxygen atoms in total. The monoisotopic (exact) mass is 320 g/mol. The highest BCUT2D eigenvalue weighted by atomic mass is 16.5. The molecule has 0 spiro atoms. The van der Waals surface area contributed by atoms with Crippen LogP contribution >= 0.6 is 0 Å². The van der Waals surface area contributed by atoms with Crippen LogP contribution in [0.15, 0.2) is 24.3 Å². The maximum absolute atomic E-state index is 11.8. The van der Waals surface area contributed by atoms with Crippen molar-refractivity contribution < 1.29 is 24.2 Å². The number of hydrogen-bond donors (Lipinski definition) is 3. The van der Waals surface area contributed by atoms with Gasteiger partial charge in [-0.1, -0.05) is 0 Å². The molecule has 0 aromatic heterocycles. The molecule has 1 aliphatic carbocycles. The molecule has 7 heteroatoms. The van der Waals surface area contributed by atoms with Gasteiger partial charge in [-0.3, -0.25) is 9.59 Å². The molecular weight excluding hydrogens is 300 g/mol. The van der Waals surface area contributed by atoms with E-state index in [0.717, 1.165) is 12.8 Å². The van der Waals surface area contributed by atoms with E-state index in [2.05, 4.69) is 15.4 Å². The predicted molar refractivity (Wildman–Crippen MR) is 82.8 cm³/mol. The van der Waals surface area contributed by atoms with Crippen molar-refractivity contribution in [3.05, 3.63) is 29.8 Å². The molecule has 0 bridgehead atoms. The van der Waals surface area contributed by atoms with Gasteiger partial charge in [0.1, 0.15) is 0 Å². The standard InChI is InChI=1S/C16H20N2O5/c1-16(22,11-5-6-11)9-17-13(19)14(20)18-12-7-3-10(4-8-12)15(21)23-2/h3-4,7-8,11,22H,5-6,9H2,1-2H3,(H,17,19)(H,18,20)/t16-/m1/s1. The lowest BCUT2D eigenvalue weighted by Crippen LogP contribution is -2.45. The molecule has 0 heterocycles. The van der Waals surface area contributed by atoms with Crippen molar-refractivity contribution in [1.29, 1.82) is 0 Å². The Morgan fingerprint density at radius 1 is 1.22 bits per heavy atom. The minimum absolute atomic E-state index is 0.0329. The Kier molecular flexibility index (Phi) is 5.00. The quantitative estimate of drug-likeness (QED) is 0.547. The molecule has 124 valence electrons. The van der Waals surface area contributed by atoms with Gasteiger partial charge >= 0.3 is 17.8 Å². The first-order valence-corrected chi connectivity index (χ1v) is 7.33. The van der Waals surface area contributed by atoms with Gasteiger partial charge in [-0.2, -0.15) is 0 Å². The lowest BCUT2D eigenvalue weighted by molar-refractivity contribution is -0.136. The first-order valence-electron chi connectivity index (χ1n) is 7.33. The summed E-state index contributed by atoms with van der Waals surface area (Å²) in [7, 11) is 1.28. The van der Waals surface area contributed by atoms with E-state index in [1.807, 2.05) is 0 Å². The fourth-order valence-electron chi connectivity index (χ4n) is 2.18. The van der Waals surface area contributed by atoms with Gasteiger partial charge in [0.2, 0.25) is 0 Å². The van der Waals surface area contributed by atoms with Crippen molar-refractivity contribution >= 4 is 23.5 Å². The van der Waals surface area contributed by atoms with Crippen LogP contribution in [0.3, 0.4) is 0 Å². The summed E-state index contributed by atoms with van der Waals surface area (Å²) < 4.78 is 4.57. The maximum atomic E-state index is 11.8. The average molecular weight is 320 g/mol. The van der Waals surface area contributed by atoms with Gasteiger partial charge in [0.25, 0.3) is 0 Å². The number of benzene rings is 1. The van der Waals surface area contributed by atoms with Crippen molar-refractivity contribution in [3.8, 4) is 0 Å². The predicted octanol–water partition coefficient (Wildman–Crippen LogP) is 0.689. The van der Waals surface area contributed by atoms with E-state index in [1.165, 1.54) is 31.4 Å². The van der Waals surface area contributed by atoms with Crippen LogP contribution in [0.1, 0.15) is 30.1 Å². The molecule has 2 rings (SSSR count). The summed E-state index contributed by atoms with van der Waals surface area (Å²) in [6.45, 7) is 1.68. The van der Waals surface area contributed by atoms with E-state index in [1.54, 1.807) is 6.92 Å². The minimum Gasteiger partial charge on any atom is -0.465 e. The Bertz CT molecular complexity index is 605. The molecular formula is C16H20N2O5. The topological polar surface area (TPSA) is 105 Å². The molecule has 0 unspecified atom stereocenters. The number of hydrogen-bond acceptors (Lipinski definition) is 5. The van der Waals surface area contributed by atoms with Gasteiger partial charge in [0.15, 0.2) is 0 Å². The highest BCUT2D eigenvalue weighted by molar-refractivity contribution is 6.39. The zero-order valence-electron chi connectivity index (χ0n) is 13.1. The van der Waals surface area contributed by atoms with Crippen molar-refractivity contribution in [3.63, 3.8) is 0 Å². The molecule has 1 aliphatic rings. The fraction of sp³-hybridized carbons (Fsp3) is 0.438. The number of rotatable bonds is 5. The number of methoxy groups -OCH3 is 1. The minimum atomic E-state index is -0.988. The Labute approximate surface area is 134 Å². The highest BCUT2D eigenvalue weighted by Crippen LogP contribution is 2.38. The van der Waals surface area contributed by atoms with Crippen LogP contribution in [0.5, 0.6) is 0 Å². The van der Waals surface area contributed by atoms with Gasteiger partial charge in [0.05, 0.1) is 18.3 Å². The molecule has 0 aliphatic heterocycles. The largest absolute Gasteiger partial charge is 0.465 e. The van der Waals surface area contributed by atoms with Crippen LogP contribution in [-0.2, 0) is 14.3 Å². The summed E-state index contributed by atoms with van der Waals surface area (Å²) in [5.41, 5.74) is -0.264. The number of esters is 1. The number of carbonyl (C=O) groups is 3. The Hall–Kier alpha value is -2.41. The number of amides is 2. The fourth-order valence-corrected chi connectivity index (χ4v) is 2.18. The third-order valence-electron chi connectivity index (χ3n) is 3.83. The summed E-state index contributed by atoms with van der Waals surface area (Å²) in [4.78, 5) is 34.8. The van der Waals surface area contributed by atoms with Crippen molar-refractivity contribution in [2.45, 2.75) is 25.4 Å². The van der Waals surface area contributed by atoms with E-state index in [0.29, 0.717) is 11.3 Å². The molecule has 1 saturated carbocycles. The molecule has 1 atom stereocenters. The summed E-state index contributed by atoms with van der Waals surface area (Å²) in [6, 6.07) is 5.96. The summed E-state index contributed by atoms with van der Waals surface area (Å²) >= 11 is 0. The summed E-state index contributed by atoms with van der Waals surface area (Å²) in [5, 5.41) is 14.9. The van der Waals surface area contributed by atoms with Crippen LogP contribution in [-0.4, -0.2) is 42.1 Å². The molecule has 0 radical (unpaired) electrons. The van der Waals surface area contributed by atoms with E-state index in [4.69, 9.17) is 0 Å². The number of carbonyl (C=O) groups excluding carboxylic acids is 3. The molecule has 1 aromatic rings. The number of nitrogens with one attached hydrogen (secondary N) is 2. The van der Waals surface area contributed by atoms with E-state index < -0.39 is 23.4 Å². The second-order valence-electron chi connectivity index (χ2n) is 5.84. The summed E-state index contributed by atoms with van der Waals surface area (Å²) in [6.07, 6.45) is 1.86. The van der Waals surface area contributed by atoms with Gasteiger partial charge in [-0.05, 0) is 49.9 Å². The van der Waals surface area contributed by atoms with Crippen molar-refractivity contribution in [1.82, 2.24) is 5.32 Å². The number of aliphatic hydroxyl groups is 1. The van der Waals surface area contributed by atoms with Crippen LogP contribution in [0, 0.1) is 5.92 Å². The third kappa shape index (κ3) is 4.53. The number of anilines is 1. The van der Waals surface area contributed by atoms with Crippen molar-refractivity contribution in [2.24, 2.45) is 5.92 Å². The Morgan fingerprint density at radius 3 is 2.35 bits per heavy atom. The SMILES string of the molecule is COC(=O)c1ccc(NC(=O)C(=O)NC[C@@](C)(O)C2CC2)cc1. The van der Waals surface area contributed by atoms with Gasteiger partial charge in [-0.25, -0.2) is 4.79 Å². The molecule has 1 fully saturated rings. The Balaban J connectivity index is 1.85. The lowest BCUT2D eigenvalue weighted by Gasteiger charge is -2.22. The zero-order chi connectivity index (χ0) is 17.0. The van der Waals surface area contributed by atoms with E-state index in [9.17, 15) is 19.5 Å². The average Bonchev–Trinajstić information content (AvgIpc) is 3.38. The molecule has 1 aromatic carbocycles. The maximum Gasteiger partial charge on any atom is 0.337 e. The van der Waals surface area contributed by atoms with Crippen molar-refractivity contribution in [2.75, 3.05) is 19.0 Å². The van der Waals surface area contributed by atoms with E-state index >= 15 is 0 Å². The number of ether oxygens (including phenoxy) is 1. The van der Waals surface area contributed by atoms with Crippen LogP contribution in [0.2, 0.25) is 0 Å². The second-order valence-corrected chi connectivity index (χ2v) is 5.84.